The van der Waals surface area contributed by atoms with Crippen molar-refractivity contribution in [3.63, 3.8) is 0 Å². The molecule has 37 heavy (non-hydrogen) atoms. The standard InChI is InChI=1S/C28H30N6O3/c1-20-3-9-24(32-27(35)22-6-4-21(18-29)5-7-22)17-25(20)33-28(36)23-8-10-26(31-19-23)30-11-2-12-34-13-15-37-16-14-34/h3-10,17,19H,2,11-16H2,1H3,(H,30,31)(H,32,35)(H,33,36). The summed E-state index contributed by atoms with van der Waals surface area (Å²) in [5.74, 6) is 0.134. The Labute approximate surface area is 216 Å². The number of nitrogens with zero attached hydrogens (tertiary/aromatic N) is 3. The van der Waals surface area contributed by atoms with Gasteiger partial charge in [0.15, 0.2) is 0 Å². The summed E-state index contributed by atoms with van der Waals surface area (Å²) in [6, 6.07) is 17.3. The van der Waals surface area contributed by atoms with E-state index in [-0.39, 0.29) is 11.8 Å². The number of amides is 2. The van der Waals surface area contributed by atoms with Gasteiger partial charge < -0.3 is 20.7 Å². The fraction of sp³-hybridized carbons (Fsp3) is 0.286. The van der Waals surface area contributed by atoms with Crippen LogP contribution >= 0.6 is 0 Å². The highest BCUT2D eigenvalue weighted by Crippen LogP contribution is 2.22. The van der Waals surface area contributed by atoms with Crippen LogP contribution in [0, 0.1) is 18.3 Å². The molecule has 1 aromatic heterocycles. The number of aryl methyl sites for hydroxylation is 1. The van der Waals surface area contributed by atoms with Crippen molar-refractivity contribution in [2.24, 2.45) is 0 Å². The Balaban J connectivity index is 1.30. The second kappa shape index (κ2) is 12.6. The Bertz CT molecular complexity index is 1260. The maximum atomic E-state index is 12.8. The van der Waals surface area contributed by atoms with Gasteiger partial charge in [0, 0.05) is 42.8 Å². The van der Waals surface area contributed by atoms with Crippen LogP contribution in [0.2, 0.25) is 0 Å². The molecule has 9 nitrogen and oxygen atoms in total. The molecule has 0 bridgehead atoms. The summed E-state index contributed by atoms with van der Waals surface area (Å²) < 4.78 is 5.37. The summed E-state index contributed by atoms with van der Waals surface area (Å²) in [6.45, 7) is 7.26. The summed E-state index contributed by atoms with van der Waals surface area (Å²) in [7, 11) is 0. The maximum Gasteiger partial charge on any atom is 0.257 e. The van der Waals surface area contributed by atoms with Crippen LogP contribution in [0.3, 0.4) is 0 Å². The molecule has 1 aliphatic heterocycles. The maximum absolute atomic E-state index is 12.8. The molecule has 2 heterocycles. The molecular weight excluding hydrogens is 468 g/mol. The number of hydrogen-bond acceptors (Lipinski definition) is 7. The Kier molecular flexibility index (Phi) is 8.81. The van der Waals surface area contributed by atoms with Crippen LogP contribution in [0.5, 0.6) is 0 Å². The van der Waals surface area contributed by atoms with Gasteiger partial charge in [-0.1, -0.05) is 6.07 Å². The van der Waals surface area contributed by atoms with E-state index in [1.54, 1.807) is 54.7 Å². The molecule has 0 unspecified atom stereocenters. The zero-order chi connectivity index (χ0) is 26.0. The first kappa shape index (κ1) is 25.8. The van der Waals surface area contributed by atoms with E-state index in [2.05, 4.69) is 25.8 Å². The molecule has 2 aromatic carbocycles. The number of morpholine rings is 1. The van der Waals surface area contributed by atoms with E-state index < -0.39 is 0 Å². The van der Waals surface area contributed by atoms with Crippen LogP contribution in [-0.4, -0.2) is 61.1 Å². The number of carbonyl (C=O) groups is 2. The number of anilines is 3. The van der Waals surface area contributed by atoms with Crippen LogP contribution in [0.1, 0.15) is 38.3 Å². The molecule has 1 saturated heterocycles. The van der Waals surface area contributed by atoms with Crippen LogP contribution in [-0.2, 0) is 4.74 Å². The molecule has 0 aliphatic carbocycles. The number of nitrogens with one attached hydrogen (secondary N) is 3. The van der Waals surface area contributed by atoms with Gasteiger partial charge >= 0.3 is 0 Å². The third kappa shape index (κ3) is 7.36. The fourth-order valence-electron chi connectivity index (χ4n) is 3.90. The topological polar surface area (TPSA) is 119 Å². The number of rotatable bonds is 9. The van der Waals surface area contributed by atoms with Crippen LogP contribution < -0.4 is 16.0 Å². The lowest BCUT2D eigenvalue weighted by molar-refractivity contribution is 0.0378. The normalized spacial score (nSPS) is 13.4. The first-order valence-electron chi connectivity index (χ1n) is 12.3. The molecule has 190 valence electrons. The van der Waals surface area contributed by atoms with E-state index in [0.29, 0.717) is 28.1 Å². The highest BCUT2D eigenvalue weighted by atomic mass is 16.5. The van der Waals surface area contributed by atoms with Gasteiger partial charge in [-0.25, -0.2) is 4.98 Å². The number of carbonyl (C=O) groups excluding carboxylic acids is 2. The first-order chi connectivity index (χ1) is 18.0. The Morgan fingerprint density at radius 1 is 1.00 bits per heavy atom. The smallest absolute Gasteiger partial charge is 0.257 e. The van der Waals surface area contributed by atoms with E-state index >= 15 is 0 Å². The molecule has 0 saturated carbocycles. The van der Waals surface area contributed by atoms with Gasteiger partial charge in [0.05, 0.1) is 30.4 Å². The lowest BCUT2D eigenvalue weighted by atomic mass is 10.1. The quantitative estimate of drug-likeness (QED) is 0.383. The average Bonchev–Trinajstić information content (AvgIpc) is 2.94. The number of ether oxygens (including phenoxy) is 1. The van der Waals surface area contributed by atoms with Gasteiger partial charge in [0.25, 0.3) is 11.8 Å². The van der Waals surface area contributed by atoms with Gasteiger partial charge in [-0.15, -0.1) is 0 Å². The highest BCUT2D eigenvalue weighted by Gasteiger charge is 2.12. The Morgan fingerprint density at radius 3 is 2.43 bits per heavy atom. The molecule has 3 aromatic rings. The number of pyridine rings is 1. The van der Waals surface area contributed by atoms with Gasteiger partial charge in [-0.3, -0.25) is 14.5 Å². The molecule has 9 heteroatoms. The number of hydrogen-bond donors (Lipinski definition) is 3. The number of aromatic nitrogens is 1. The molecular formula is C28H30N6O3. The second-order valence-electron chi connectivity index (χ2n) is 8.79. The van der Waals surface area contributed by atoms with Crippen LogP contribution in [0.15, 0.2) is 60.8 Å². The molecule has 4 rings (SSSR count). The fourth-order valence-corrected chi connectivity index (χ4v) is 3.90. The summed E-state index contributed by atoms with van der Waals surface area (Å²) in [5, 5.41) is 17.9. The molecule has 0 atom stereocenters. The molecule has 1 aliphatic rings. The Hall–Kier alpha value is -4.26. The SMILES string of the molecule is Cc1ccc(NC(=O)c2ccc(C#N)cc2)cc1NC(=O)c1ccc(NCCCN2CCOCC2)nc1. The van der Waals surface area contributed by atoms with Crippen molar-refractivity contribution >= 4 is 29.0 Å². The lowest BCUT2D eigenvalue weighted by Gasteiger charge is -2.26. The summed E-state index contributed by atoms with van der Waals surface area (Å²) in [4.78, 5) is 32.1. The van der Waals surface area contributed by atoms with E-state index in [0.717, 1.165) is 57.2 Å². The monoisotopic (exact) mass is 498 g/mol. The third-order valence-electron chi connectivity index (χ3n) is 6.11. The van der Waals surface area contributed by atoms with Crippen molar-refractivity contribution in [3.8, 4) is 6.07 Å². The van der Waals surface area contributed by atoms with Gasteiger partial charge in [0.1, 0.15) is 5.82 Å². The zero-order valence-electron chi connectivity index (χ0n) is 20.8. The summed E-state index contributed by atoms with van der Waals surface area (Å²) in [6.07, 6.45) is 2.55. The van der Waals surface area contributed by atoms with Crippen molar-refractivity contribution in [1.82, 2.24) is 9.88 Å². The van der Waals surface area contributed by atoms with Crippen LogP contribution in [0.4, 0.5) is 17.2 Å². The van der Waals surface area contributed by atoms with Gasteiger partial charge in [0.2, 0.25) is 0 Å². The largest absolute Gasteiger partial charge is 0.379 e. The number of benzene rings is 2. The molecule has 1 fully saturated rings. The third-order valence-corrected chi connectivity index (χ3v) is 6.11. The van der Waals surface area contributed by atoms with Gasteiger partial charge in [-0.05, 0) is 74.0 Å². The molecule has 0 spiro atoms. The predicted molar refractivity (Wildman–Crippen MR) is 143 cm³/mol. The van der Waals surface area contributed by atoms with Gasteiger partial charge in [-0.2, -0.15) is 5.26 Å². The summed E-state index contributed by atoms with van der Waals surface area (Å²) in [5.41, 5.74) is 3.35. The van der Waals surface area contributed by atoms with Crippen molar-refractivity contribution in [1.29, 1.82) is 5.26 Å². The molecule has 0 radical (unpaired) electrons. The highest BCUT2D eigenvalue weighted by molar-refractivity contribution is 6.06. The molecule has 2 amide bonds. The first-order valence-corrected chi connectivity index (χ1v) is 12.3. The average molecular weight is 499 g/mol. The van der Waals surface area contributed by atoms with Crippen LogP contribution in [0.25, 0.3) is 0 Å². The van der Waals surface area contributed by atoms with E-state index in [4.69, 9.17) is 10.00 Å². The van der Waals surface area contributed by atoms with Crippen molar-refractivity contribution in [2.75, 3.05) is 55.3 Å². The minimum atomic E-state index is -0.303. The van der Waals surface area contributed by atoms with E-state index in [9.17, 15) is 9.59 Å². The number of nitriles is 1. The molecule has 3 N–H and O–H groups in total. The minimum absolute atomic E-state index is 0.287. The van der Waals surface area contributed by atoms with Crippen molar-refractivity contribution in [2.45, 2.75) is 13.3 Å². The zero-order valence-corrected chi connectivity index (χ0v) is 20.8. The van der Waals surface area contributed by atoms with E-state index in [1.807, 2.05) is 19.1 Å². The van der Waals surface area contributed by atoms with E-state index in [1.165, 1.54) is 0 Å². The predicted octanol–water partition coefficient (Wildman–Crippen LogP) is 3.90. The van der Waals surface area contributed by atoms with Crippen molar-refractivity contribution in [3.05, 3.63) is 83.0 Å². The second-order valence-corrected chi connectivity index (χ2v) is 8.79. The summed E-state index contributed by atoms with van der Waals surface area (Å²) >= 11 is 0. The lowest BCUT2D eigenvalue weighted by Crippen LogP contribution is -2.37. The Morgan fingerprint density at radius 2 is 1.73 bits per heavy atom. The van der Waals surface area contributed by atoms with Crippen molar-refractivity contribution < 1.29 is 14.3 Å². The minimum Gasteiger partial charge on any atom is -0.379 e.